The molecule has 1 N–H and O–H groups in total. The molecule has 8 heteroatoms. The van der Waals surface area contributed by atoms with E-state index >= 15 is 0 Å². The van der Waals surface area contributed by atoms with Gasteiger partial charge in [-0.2, -0.15) is 5.26 Å². The first kappa shape index (κ1) is 18.2. The first-order valence-electron chi connectivity index (χ1n) is 7.50. The van der Waals surface area contributed by atoms with Gasteiger partial charge < -0.3 is 10.1 Å². The zero-order valence-corrected chi connectivity index (χ0v) is 15.6. The minimum absolute atomic E-state index is 0.261. The Morgan fingerprint density at radius 3 is 2.62 bits per heavy atom. The van der Waals surface area contributed by atoms with Crippen LogP contribution in [0.15, 0.2) is 10.5 Å². The Bertz CT molecular complexity index is 698. The van der Waals surface area contributed by atoms with Gasteiger partial charge in [-0.25, -0.2) is 9.78 Å². The van der Waals surface area contributed by atoms with E-state index in [0.29, 0.717) is 28.8 Å². The number of nitrogens with zero attached hydrogens (tertiary/aromatic N) is 3. The molecule has 0 spiro atoms. The highest BCUT2D eigenvalue weighted by atomic mass is 79.9. The summed E-state index contributed by atoms with van der Waals surface area (Å²) in [6.07, 6.45) is 0.0773. The zero-order chi connectivity index (χ0) is 18.1. The molecule has 1 aromatic heterocycles. The number of nitriles is 1. The molecule has 128 valence electrons. The van der Waals surface area contributed by atoms with Crippen LogP contribution in [0.3, 0.4) is 0 Å². The van der Waals surface area contributed by atoms with Gasteiger partial charge in [0.1, 0.15) is 23.4 Å². The number of hydrogen-bond acceptors (Lipinski definition) is 5. The Morgan fingerprint density at radius 2 is 2.17 bits per heavy atom. The van der Waals surface area contributed by atoms with Crippen molar-refractivity contribution in [1.82, 2.24) is 9.88 Å². The van der Waals surface area contributed by atoms with Gasteiger partial charge in [0.15, 0.2) is 0 Å². The molecule has 1 aromatic rings. The van der Waals surface area contributed by atoms with Crippen LogP contribution < -0.4 is 5.32 Å². The minimum Gasteiger partial charge on any atom is -0.444 e. The molecule has 7 nitrogen and oxygen atoms in total. The Hall–Kier alpha value is -2.14. The molecular weight excluding hydrogens is 376 g/mol. The largest absolute Gasteiger partial charge is 0.444 e. The Morgan fingerprint density at radius 1 is 1.50 bits per heavy atom. The van der Waals surface area contributed by atoms with E-state index in [-0.39, 0.29) is 11.6 Å². The number of nitrogens with one attached hydrogen (secondary N) is 1. The van der Waals surface area contributed by atoms with Crippen LogP contribution in [0.2, 0.25) is 0 Å². The SMILES string of the molecule is Cc1nc(C#N)cc(Br)c1NC(=O)C1CCN1C(=O)OC(C)(C)C. The molecule has 2 amide bonds. The van der Waals surface area contributed by atoms with Crippen molar-refractivity contribution in [3.05, 3.63) is 21.9 Å². The topological polar surface area (TPSA) is 95.3 Å². The van der Waals surface area contributed by atoms with E-state index in [1.54, 1.807) is 27.7 Å². The number of ether oxygens (including phenoxy) is 1. The van der Waals surface area contributed by atoms with Gasteiger partial charge >= 0.3 is 6.09 Å². The lowest BCUT2D eigenvalue weighted by molar-refractivity contribution is -0.125. The Balaban J connectivity index is 2.09. The van der Waals surface area contributed by atoms with E-state index < -0.39 is 17.7 Å². The van der Waals surface area contributed by atoms with Crippen LogP contribution >= 0.6 is 15.9 Å². The summed E-state index contributed by atoms with van der Waals surface area (Å²) in [5.74, 6) is -0.303. The second-order valence-corrected chi connectivity index (χ2v) is 7.38. The van der Waals surface area contributed by atoms with Crippen molar-refractivity contribution in [3.8, 4) is 6.07 Å². The smallest absolute Gasteiger partial charge is 0.410 e. The van der Waals surface area contributed by atoms with E-state index in [2.05, 4.69) is 26.2 Å². The van der Waals surface area contributed by atoms with Crippen molar-refractivity contribution in [2.45, 2.75) is 45.8 Å². The van der Waals surface area contributed by atoms with Gasteiger partial charge in [-0.05, 0) is 56.1 Å². The maximum absolute atomic E-state index is 12.5. The van der Waals surface area contributed by atoms with Crippen LogP contribution in [-0.4, -0.2) is 40.1 Å². The molecule has 24 heavy (non-hydrogen) atoms. The summed E-state index contributed by atoms with van der Waals surface area (Å²) in [6.45, 7) is 7.53. The lowest BCUT2D eigenvalue weighted by Gasteiger charge is -2.40. The molecule has 0 aliphatic carbocycles. The maximum Gasteiger partial charge on any atom is 0.410 e. The summed E-state index contributed by atoms with van der Waals surface area (Å²) < 4.78 is 5.87. The summed E-state index contributed by atoms with van der Waals surface area (Å²) in [4.78, 5) is 30.1. The maximum atomic E-state index is 12.5. The quantitative estimate of drug-likeness (QED) is 0.831. The van der Waals surface area contributed by atoms with Gasteiger partial charge in [-0.1, -0.05) is 0 Å². The Kier molecular flexibility index (Phi) is 5.13. The molecule has 1 fully saturated rings. The number of carbonyl (C=O) groups excluding carboxylic acids is 2. The standard InChI is InChI=1S/C16H19BrN4O3/c1-9-13(11(17)7-10(8-18)19-9)20-14(22)12-5-6-21(12)15(23)24-16(2,3)4/h7,12H,5-6H2,1-4H3,(H,20,22). The van der Waals surface area contributed by atoms with Gasteiger partial charge in [-0.15, -0.1) is 0 Å². The normalized spacial score (nSPS) is 16.8. The lowest BCUT2D eigenvalue weighted by Crippen LogP contribution is -2.57. The molecule has 1 aliphatic heterocycles. The molecule has 0 aromatic carbocycles. The zero-order valence-electron chi connectivity index (χ0n) is 14.0. The van der Waals surface area contributed by atoms with Crippen LogP contribution in [0.5, 0.6) is 0 Å². The predicted octanol–water partition coefficient (Wildman–Crippen LogP) is 2.97. The fourth-order valence-corrected chi connectivity index (χ4v) is 2.85. The van der Waals surface area contributed by atoms with E-state index in [9.17, 15) is 9.59 Å². The van der Waals surface area contributed by atoms with Crippen molar-refractivity contribution in [2.24, 2.45) is 0 Å². The number of likely N-dealkylation sites (tertiary alicyclic amines) is 1. The summed E-state index contributed by atoms with van der Waals surface area (Å²) in [5, 5.41) is 11.7. The van der Waals surface area contributed by atoms with Gasteiger partial charge in [0, 0.05) is 11.0 Å². The number of pyridine rings is 1. The van der Waals surface area contributed by atoms with Crippen LogP contribution in [0.25, 0.3) is 0 Å². The number of hydrogen-bond donors (Lipinski definition) is 1. The third-order valence-electron chi connectivity index (χ3n) is 3.47. The van der Waals surface area contributed by atoms with Crippen molar-refractivity contribution in [1.29, 1.82) is 5.26 Å². The molecule has 0 radical (unpaired) electrons. The van der Waals surface area contributed by atoms with E-state index in [1.807, 2.05) is 6.07 Å². The molecule has 1 unspecified atom stereocenters. The number of carbonyl (C=O) groups is 2. The summed E-state index contributed by atoms with van der Waals surface area (Å²) in [6, 6.07) is 2.92. The molecule has 0 bridgehead atoms. The second-order valence-electron chi connectivity index (χ2n) is 6.53. The molecule has 1 atom stereocenters. The van der Waals surface area contributed by atoms with Gasteiger partial charge in [0.25, 0.3) is 0 Å². The second kappa shape index (κ2) is 6.77. The van der Waals surface area contributed by atoms with Crippen LogP contribution in [-0.2, 0) is 9.53 Å². The first-order valence-corrected chi connectivity index (χ1v) is 8.29. The average molecular weight is 395 g/mol. The van der Waals surface area contributed by atoms with Gasteiger partial charge in [0.2, 0.25) is 5.91 Å². The Labute approximate surface area is 149 Å². The number of anilines is 1. The number of aryl methyl sites for hydroxylation is 1. The highest BCUT2D eigenvalue weighted by molar-refractivity contribution is 9.10. The van der Waals surface area contributed by atoms with Gasteiger partial charge in [-0.3, -0.25) is 9.69 Å². The molecule has 2 heterocycles. The van der Waals surface area contributed by atoms with Crippen molar-refractivity contribution in [3.63, 3.8) is 0 Å². The van der Waals surface area contributed by atoms with Crippen molar-refractivity contribution >= 4 is 33.6 Å². The molecule has 2 rings (SSSR count). The van der Waals surface area contributed by atoms with E-state index in [1.165, 1.54) is 11.0 Å². The lowest BCUT2D eigenvalue weighted by atomic mass is 10.0. The first-order chi connectivity index (χ1) is 11.1. The average Bonchev–Trinajstić information content (AvgIpc) is 2.39. The molecule has 0 saturated carbocycles. The summed E-state index contributed by atoms with van der Waals surface area (Å²) in [7, 11) is 0. The van der Waals surface area contributed by atoms with Crippen LogP contribution in [0, 0.1) is 18.3 Å². The van der Waals surface area contributed by atoms with Crippen molar-refractivity contribution < 1.29 is 14.3 Å². The van der Waals surface area contributed by atoms with Crippen LogP contribution in [0.4, 0.5) is 10.5 Å². The summed E-state index contributed by atoms with van der Waals surface area (Å²) >= 11 is 3.33. The molecule has 1 saturated heterocycles. The van der Waals surface area contributed by atoms with Crippen molar-refractivity contribution in [2.75, 3.05) is 11.9 Å². The number of halogens is 1. The fraction of sp³-hybridized carbons (Fsp3) is 0.500. The summed E-state index contributed by atoms with van der Waals surface area (Å²) in [5.41, 5.74) is 0.675. The molecule has 1 aliphatic rings. The highest BCUT2D eigenvalue weighted by Gasteiger charge is 2.40. The minimum atomic E-state index is -0.607. The van der Waals surface area contributed by atoms with E-state index in [0.717, 1.165) is 0 Å². The third-order valence-corrected chi connectivity index (χ3v) is 4.09. The predicted molar refractivity (Wildman–Crippen MR) is 91.4 cm³/mol. The number of rotatable bonds is 2. The third kappa shape index (κ3) is 4.03. The fourth-order valence-electron chi connectivity index (χ4n) is 2.25. The van der Waals surface area contributed by atoms with E-state index in [4.69, 9.17) is 10.00 Å². The van der Waals surface area contributed by atoms with Gasteiger partial charge in [0.05, 0.1) is 11.4 Å². The number of amides is 2. The van der Waals surface area contributed by atoms with Crippen LogP contribution in [0.1, 0.15) is 38.6 Å². The highest BCUT2D eigenvalue weighted by Crippen LogP contribution is 2.28. The monoisotopic (exact) mass is 394 g/mol. The molecular formula is C16H19BrN4O3. The number of aromatic nitrogens is 1.